The fourth-order valence-electron chi connectivity index (χ4n) is 3.17. The monoisotopic (exact) mass is 333 g/mol. The molecule has 1 saturated heterocycles. The number of nitrogens with zero attached hydrogens (tertiary/aromatic N) is 1. The number of para-hydroxylation sites is 1. The lowest BCUT2D eigenvalue weighted by atomic mass is 9.93. The summed E-state index contributed by atoms with van der Waals surface area (Å²) in [4.78, 5) is 4.78. The van der Waals surface area contributed by atoms with Crippen LogP contribution in [-0.2, 0) is 0 Å². The predicted octanol–water partition coefficient (Wildman–Crippen LogP) is 3.00. The van der Waals surface area contributed by atoms with Gasteiger partial charge in [-0.3, -0.25) is 4.99 Å². The number of aliphatic imine (C=N–C) groups is 1. The topological polar surface area (TPSA) is 45.7 Å². The van der Waals surface area contributed by atoms with Crippen LogP contribution >= 0.6 is 11.8 Å². The van der Waals surface area contributed by atoms with E-state index in [4.69, 9.17) is 9.73 Å². The highest BCUT2D eigenvalue weighted by molar-refractivity contribution is 8.00. The van der Waals surface area contributed by atoms with Crippen LogP contribution in [0.2, 0.25) is 0 Å². The van der Waals surface area contributed by atoms with Crippen molar-refractivity contribution in [2.75, 3.05) is 32.0 Å². The first-order valence-corrected chi connectivity index (χ1v) is 9.77. The zero-order valence-corrected chi connectivity index (χ0v) is 14.7. The van der Waals surface area contributed by atoms with Gasteiger partial charge in [0.15, 0.2) is 5.96 Å². The van der Waals surface area contributed by atoms with Crippen LogP contribution in [0.3, 0.4) is 0 Å². The Bertz CT molecular complexity index is 529. The van der Waals surface area contributed by atoms with E-state index in [1.54, 1.807) is 0 Å². The highest BCUT2D eigenvalue weighted by Crippen LogP contribution is 2.32. The van der Waals surface area contributed by atoms with Crippen molar-refractivity contribution < 1.29 is 4.74 Å². The molecule has 23 heavy (non-hydrogen) atoms. The van der Waals surface area contributed by atoms with Gasteiger partial charge in [-0.15, -0.1) is 0 Å². The summed E-state index contributed by atoms with van der Waals surface area (Å²) in [5.41, 5.74) is 1.31. The van der Waals surface area contributed by atoms with Gasteiger partial charge >= 0.3 is 0 Å². The molecule has 2 heterocycles. The average molecular weight is 334 g/mol. The Morgan fingerprint density at radius 2 is 2.22 bits per heavy atom. The van der Waals surface area contributed by atoms with Crippen molar-refractivity contribution in [3.63, 3.8) is 0 Å². The van der Waals surface area contributed by atoms with Gasteiger partial charge in [-0.05, 0) is 43.6 Å². The molecule has 1 aromatic carbocycles. The molecule has 0 bridgehead atoms. The van der Waals surface area contributed by atoms with Gasteiger partial charge in [0.25, 0.3) is 0 Å². The van der Waals surface area contributed by atoms with Gasteiger partial charge in [-0.2, -0.15) is 11.8 Å². The smallest absolute Gasteiger partial charge is 0.191 e. The maximum Gasteiger partial charge on any atom is 0.191 e. The largest absolute Gasteiger partial charge is 0.493 e. The SMILES string of the molecule is CCNC(=NCC1CCCS1)NCC1CCOc2ccccc21. The van der Waals surface area contributed by atoms with E-state index >= 15 is 0 Å². The van der Waals surface area contributed by atoms with E-state index in [-0.39, 0.29) is 0 Å². The molecule has 0 aromatic heterocycles. The quantitative estimate of drug-likeness (QED) is 0.642. The van der Waals surface area contributed by atoms with Crippen molar-refractivity contribution in [2.24, 2.45) is 4.99 Å². The first kappa shape index (κ1) is 16.5. The molecule has 0 radical (unpaired) electrons. The molecule has 0 spiro atoms. The number of thioether (sulfide) groups is 1. The van der Waals surface area contributed by atoms with Crippen molar-refractivity contribution in [3.05, 3.63) is 29.8 Å². The van der Waals surface area contributed by atoms with Crippen LogP contribution in [0, 0.1) is 0 Å². The third-order valence-corrected chi connectivity index (χ3v) is 5.80. The molecule has 126 valence electrons. The number of hydrogen-bond donors (Lipinski definition) is 2. The van der Waals surface area contributed by atoms with Gasteiger partial charge in [-0.25, -0.2) is 0 Å². The molecule has 2 aliphatic heterocycles. The van der Waals surface area contributed by atoms with Gasteiger partial charge in [0.2, 0.25) is 0 Å². The van der Waals surface area contributed by atoms with Gasteiger partial charge in [0.05, 0.1) is 13.2 Å². The van der Waals surface area contributed by atoms with Gasteiger partial charge in [0, 0.05) is 24.3 Å². The second-order valence-electron chi connectivity index (χ2n) is 6.11. The minimum absolute atomic E-state index is 0.490. The summed E-state index contributed by atoms with van der Waals surface area (Å²) in [6.45, 7) is 5.64. The zero-order chi connectivity index (χ0) is 15.9. The van der Waals surface area contributed by atoms with E-state index in [1.807, 2.05) is 6.07 Å². The van der Waals surface area contributed by atoms with Crippen molar-refractivity contribution >= 4 is 17.7 Å². The summed E-state index contributed by atoms with van der Waals surface area (Å²) in [5, 5.41) is 7.60. The lowest BCUT2D eigenvalue weighted by Gasteiger charge is -2.26. The van der Waals surface area contributed by atoms with Gasteiger partial charge in [0.1, 0.15) is 5.75 Å². The molecule has 1 aromatic rings. The molecule has 0 amide bonds. The van der Waals surface area contributed by atoms with Crippen molar-refractivity contribution in [1.82, 2.24) is 10.6 Å². The number of ether oxygens (including phenoxy) is 1. The Balaban J connectivity index is 1.57. The summed E-state index contributed by atoms with van der Waals surface area (Å²) in [5.74, 6) is 3.77. The van der Waals surface area contributed by atoms with Crippen LogP contribution in [0.5, 0.6) is 5.75 Å². The number of hydrogen-bond acceptors (Lipinski definition) is 3. The maximum atomic E-state index is 5.75. The molecule has 3 rings (SSSR count). The summed E-state index contributed by atoms with van der Waals surface area (Å²) in [7, 11) is 0. The Morgan fingerprint density at radius 3 is 3.04 bits per heavy atom. The summed E-state index contributed by atoms with van der Waals surface area (Å²) in [6.07, 6.45) is 3.70. The molecular formula is C18H27N3OS. The first-order valence-electron chi connectivity index (χ1n) is 8.72. The normalized spacial score (nSPS) is 24.0. The van der Waals surface area contributed by atoms with Crippen LogP contribution in [0.4, 0.5) is 0 Å². The third-order valence-electron chi connectivity index (χ3n) is 4.42. The molecule has 2 atom stereocenters. The lowest BCUT2D eigenvalue weighted by Crippen LogP contribution is -2.40. The van der Waals surface area contributed by atoms with E-state index in [2.05, 4.69) is 47.5 Å². The minimum atomic E-state index is 0.490. The van der Waals surface area contributed by atoms with Crippen LogP contribution in [0.25, 0.3) is 0 Å². The van der Waals surface area contributed by atoms with E-state index in [0.717, 1.165) is 44.4 Å². The summed E-state index contributed by atoms with van der Waals surface area (Å²) < 4.78 is 5.75. The molecule has 2 aliphatic rings. The zero-order valence-electron chi connectivity index (χ0n) is 13.9. The van der Waals surface area contributed by atoms with Crippen LogP contribution < -0.4 is 15.4 Å². The number of guanidine groups is 1. The molecular weight excluding hydrogens is 306 g/mol. The fraction of sp³-hybridized carbons (Fsp3) is 0.611. The second kappa shape index (κ2) is 8.48. The molecule has 4 nitrogen and oxygen atoms in total. The molecule has 5 heteroatoms. The standard InChI is InChI=1S/C18H27N3OS/c1-2-19-18(21-13-15-6-5-11-23-15)20-12-14-9-10-22-17-8-4-3-7-16(14)17/h3-4,7-8,14-15H,2,5-6,9-13H2,1H3,(H2,19,20,21). The first-order chi connectivity index (χ1) is 11.4. The highest BCUT2D eigenvalue weighted by atomic mass is 32.2. The Kier molecular flexibility index (Phi) is 6.08. The predicted molar refractivity (Wildman–Crippen MR) is 98.8 cm³/mol. The number of nitrogens with one attached hydrogen (secondary N) is 2. The van der Waals surface area contributed by atoms with Crippen molar-refractivity contribution in [3.8, 4) is 5.75 Å². The van der Waals surface area contributed by atoms with Crippen LogP contribution in [0.15, 0.2) is 29.3 Å². The maximum absolute atomic E-state index is 5.75. The Labute approximate surface area is 143 Å². The Morgan fingerprint density at radius 1 is 1.30 bits per heavy atom. The molecule has 0 aliphatic carbocycles. The minimum Gasteiger partial charge on any atom is -0.493 e. The highest BCUT2D eigenvalue weighted by Gasteiger charge is 2.21. The number of benzene rings is 1. The van der Waals surface area contributed by atoms with Gasteiger partial charge in [-0.1, -0.05) is 18.2 Å². The number of rotatable bonds is 5. The summed E-state index contributed by atoms with van der Waals surface area (Å²) in [6, 6.07) is 8.38. The van der Waals surface area contributed by atoms with Crippen molar-refractivity contribution in [1.29, 1.82) is 0 Å². The third kappa shape index (κ3) is 4.56. The van der Waals surface area contributed by atoms with E-state index < -0.39 is 0 Å². The Hall–Kier alpha value is -1.36. The number of fused-ring (bicyclic) bond motifs is 1. The molecule has 1 fully saturated rings. The van der Waals surface area contributed by atoms with E-state index in [0.29, 0.717) is 11.2 Å². The lowest BCUT2D eigenvalue weighted by molar-refractivity contribution is 0.267. The van der Waals surface area contributed by atoms with Crippen LogP contribution in [-0.4, -0.2) is 43.2 Å². The second-order valence-corrected chi connectivity index (χ2v) is 7.52. The van der Waals surface area contributed by atoms with E-state index in [1.165, 1.54) is 24.2 Å². The fourth-order valence-corrected chi connectivity index (χ4v) is 4.35. The summed E-state index contributed by atoms with van der Waals surface area (Å²) >= 11 is 2.06. The van der Waals surface area contributed by atoms with Crippen LogP contribution in [0.1, 0.15) is 37.7 Å². The molecule has 0 saturated carbocycles. The molecule has 2 N–H and O–H groups in total. The molecule has 2 unspecified atom stereocenters. The van der Waals surface area contributed by atoms with Crippen molar-refractivity contribution in [2.45, 2.75) is 37.4 Å². The van der Waals surface area contributed by atoms with Gasteiger partial charge < -0.3 is 15.4 Å². The average Bonchev–Trinajstić information content (AvgIpc) is 3.11. The van der Waals surface area contributed by atoms with E-state index in [9.17, 15) is 0 Å².